The first-order valence-electron chi connectivity index (χ1n) is 25.4. The second kappa shape index (κ2) is 16.7. The average molecular weight is 944 g/mol. The van der Waals surface area contributed by atoms with Gasteiger partial charge in [0.05, 0.1) is 11.1 Å². The number of anilines is 3. The lowest BCUT2D eigenvalue weighted by atomic mass is 9.67. The van der Waals surface area contributed by atoms with E-state index in [0.717, 1.165) is 83.2 Å². The molecule has 1 aliphatic carbocycles. The van der Waals surface area contributed by atoms with Crippen molar-refractivity contribution >= 4 is 71.7 Å². The van der Waals surface area contributed by atoms with Crippen molar-refractivity contribution in [3.8, 4) is 44.5 Å². The first-order valence-corrected chi connectivity index (χ1v) is 25.4. The van der Waals surface area contributed by atoms with Gasteiger partial charge in [0.25, 0.3) is 0 Å². The second-order valence-corrected chi connectivity index (χ2v) is 19.5. The molecule has 0 saturated carbocycles. The number of para-hydroxylation sites is 4. The van der Waals surface area contributed by atoms with Gasteiger partial charge in [-0.2, -0.15) is 0 Å². The van der Waals surface area contributed by atoms with Crippen molar-refractivity contribution in [2.75, 3.05) is 4.90 Å². The maximum Gasteiger partial charge on any atom is 0.143 e. The third kappa shape index (κ3) is 6.33. The van der Waals surface area contributed by atoms with E-state index in [2.05, 4.69) is 254 Å². The summed E-state index contributed by atoms with van der Waals surface area (Å²) in [5.74, 6) is 0. The fourth-order valence-electron chi connectivity index (χ4n) is 12.3. The summed E-state index contributed by atoms with van der Waals surface area (Å²) in [5, 5.41) is 6.97. The predicted octanol–water partition coefficient (Wildman–Crippen LogP) is 19.5. The van der Waals surface area contributed by atoms with Crippen LogP contribution in [0.2, 0.25) is 0 Å². The first kappa shape index (κ1) is 42.0. The van der Waals surface area contributed by atoms with Crippen LogP contribution in [0.15, 0.2) is 282 Å². The minimum Gasteiger partial charge on any atom is -0.455 e. The van der Waals surface area contributed by atoms with E-state index in [1.807, 2.05) is 24.3 Å². The molecule has 1 atom stereocenters. The third-order valence-corrected chi connectivity index (χ3v) is 15.6. The molecule has 3 nitrogen and oxygen atoms in total. The highest BCUT2D eigenvalue weighted by atomic mass is 16.3. The van der Waals surface area contributed by atoms with Crippen LogP contribution in [0.5, 0.6) is 0 Å². The summed E-state index contributed by atoms with van der Waals surface area (Å²) < 4.78 is 13.1. The average Bonchev–Trinajstić information content (AvgIpc) is 4.15. The van der Waals surface area contributed by atoms with E-state index in [0.29, 0.717) is 0 Å². The SMILES string of the molecule is c1ccc(C2(c3ccc(-c4cccc5ccccc45)cc3)c3ccccc3-c3c(N(c4ccc(-c5cccc6c5oc5ccccc56)cc4)c4ccc(-c5cccc6c5oc5ccccc56)cc4)cccc32)cc1. The highest BCUT2D eigenvalue weighted by molar-refractivity contribution is 6.11. The summed E-state index contributed by atoms with van der Waals surface area (Å²) in [7, 11) is 0. The number of rotatable bonds is 8. The predicted molar refractivity (Wildman–Crippen MR) is 307 cm³/mol. The van der Waals surface area contributed by atoms with E-state index < -0.39 is 5.41 Å². The summed E-state index contributed by atoms with van der Waals surface area (Å²) in [6.45, 7) is 0. The van der Waals surface area contributed by atoms with Gasteiger partial charge in [0.2, 0.25) is 0 Å². The largest absolute Gasteiger partial charge is 0.455 e. The Morgan fingerprint density at radius 1 is 0.284 bits per heavy atom. The number of furan rings is 2. The zero-order chi connectivity index (χ0) is 48.7. The molecule has 0 N–H and O–H groups in total. The number of nitrogens with zero attached hydrogens (tertiary/aromatic N) is 1. The molecule has 0 saturated heterocycles. The van der Waals surface area contributed by atoms with Gasteiger partial charge in [-0.25, -0.2) is 0 Å². The molecule has 0 bridgehead atoms. The van der Waals surface area contributed by atoms with E-state index in [1.54, 1.807) is 0 Å². The van der Waals surface area contributed by atoms with E-state index in [4.69, 9.17) is 8.83 Å². The van der Waals surface area contributed by atoms with Crippen LogP contribution < -0.4 is 4.90 Å². The monoisotopic (exact) mass is 943 g/mol. The molecule has 2 heterocycles. The minimum atomic E-state index is -0.615. The molecule has 14 aromatic rings. The van der Waals surface area contributed by atoms with Crippen molar-refractivity contribution < 1.29 is 8.83 Å². The summed E-state index contributed by atoms with van der Waals surface area (Å²) in [6, 6.07) is 99.2. The zero-order valence-electron chi connectivity index (χ0n) is 40.2. The van der Waals surface area contributed by atoms with Crippen molar-refractivity contribution in [3.63, 3.8) is 0 Å². The molecule has 0 amide bonds. The van der Waals surface area contributed by atoms with Gasteiger partial charge in [0, 0.05) is 49.6 Å². The molecule has 3 heteroatoms. The zero-order valence-corrected chi connectivity index (χ0v) is 40.2. The number of hydrogen-bond donors (Lipinski definition) is 0. The Morgan fingerprint density at radius 3 is 1.36 bits per heavy atom. The van der Waals surface area contributed by atoms with Crippen LogP contribution in [-0.2, 0) is 5.41 Å². The molecule has 1 aliphatic rings. The van der Waals surface area contributed by atoms with Crippen LogP contribution in [0.1, 0.15) is 22.3 Å². The van der Waals surface area contributed by atoms with Gasteiger partial charge in [-0.1, -0.05) is 231 Å². The lowest BCUT2D eigenvalue weighted by molar-refractivity contribution is 0.669. The van der Waals surface area contributed by atoms with Gasteiger partial charge in [0.1, 0.15) is 22.3 Å². The van der Waals surface area contributed by atoms with Crippen LogP contribution in [0.25, 0.3) is 99.2 Å². The Morgan fingerprint density at radius 2 is 0.716 bits per heavy atom. The van der Waals surface area contributed by atoms with Gasteiger partial charge >= 0.3 is 0 Å². The van der Waals surface area contributed by atoms with E-state index in [1.165, 1.54) is 55.3 Å². The molecular weight excluding hydrogens is 899 g/mol. The van der Waals surface area contributed by atoms with E-state index >= 15 is 0 Å². The molecule has 0 fully saturated rings. The fraction of sp³-hybridized carbons (Fsp3) is 0.0141. The van der Waals surface area contributed by atoms with Crippen LogP contribution in [0.4, 0.5) is 17.1 Å². The topological polar surface area (TPSA) is 29.5 Å². The second-order valence-electron chi connectivity index (χ2n) is 19.5. The maximum absolute atomic E-state index is 6.55. The van der Waals surface area contributed by atoms with Crippen LogP contribution >= 0.6 is 0 Å². The van der Waals surface area contributed by atoms with Crippen molar-refractivity contribution in [2.45, 2.75) is 5.41 Å². The highest BCUT2D eigenvalue weighted by Crippen LogP contribution is 2.60. The number of fused-ring (bicyclic) bond motifs is 10. The molecule has 12 aromatic carbocycles. The summed E-state index contributed by atoms with van der Waals surface area (Å²) >= 11 is 0. The smallest absolute Gasteiger partial charge is 0.143 e. The van der Waals surface area contributed by atoms with Crippen LogP contribution in [0, 0.1) is 0 Å². The molecule has 1 unspecified atom stereocenters. The standard InChI is InChI=1S/C71H45NO2/c1-2-18-50(19-3-1)71(51-40-34-47(35-41-51)55-24-12-17-46-16-4-5-20-54(46)55)63-29-9-6-23-62(63)68-64(71)30-15-31-65(68)72(52-42-36-48(37-43-52)56-25-13-27-60-58-21-7-10-32-66(58)73-69(56)60)53-44-38-49(39-45-53)57-26-14-28-61-59-22-8-11-33-67(59)74-70(57)61/h1-45H. The summed E-state index contributed by atoms with van der Waals surface area (Å²) in [4.78, 5) is 2.44. The van der Waals surface area contributed by atoms with Gasteiger partial charge in [-0.05, 0) is 103 Å². The Labute approximate surface area is 428 Å². The Balaban J connectivity index is 0.924. The lowest BCUT2D eigenvalue weighted by Gasteiger charge is -2.34. The quantitative estimate of drug-likeness (QED) is 0.152. The minimum absolute atomic E-state index is 0.615. The summed E-state index contributed by atoms with van der Waals surface area (Å²) in [5.41, 5.74) is 20.2. The van der Waals surface area contributed by atoms with Gasteiger partial charge < -0.3 is 13.7 Å². The molecule has 346 valence electrons. The van der Waals surface area contributed by atoms with Gasteiger partial charge in [0.15, 0.2) is 0 Å². The lowest BCUT2D eigenvalue weighted by Crippen LogP contribution is -2.28. The van der Waals surface area contributed by atoms with Gasteiger partial charge in [-0.3, -0.25) is 0 Å². The molecule has 0 aliphatic heterocycles. The Bertz CT molecular complexity index is 4310. The molecule has 0 spiro atoms. The Kier molecular flexibility index (Phi) is 9.48. The Hall–Kier alpha value is -9.70. The number of hydrogen-bond acceptors (Lipinski definition) is 3. The molecule has 74 heavy (non-hydrogen) atoms. The van der Waals surface area contributed by atoms with Crippen LogP contribution in [-0.4, -0.2) is 0 Å². The van der Waals surface area contributed by atoms with Crippen molar-refractivity contribution in [1.82, 2.24) is 0 Å². The van der Waals surface area contributed by atoms with Crippen molar-refractivity contribution in [3.05, 3.63) is 295 Å². The third-order valence-electron chi connectivity index (χ3n) is 15.6. The normalized spacial score (nSPS) is 14.0. The van der Waals surface area contributed by atoms with Crippen molar-refractivity contribution in [2.24, 2.45) is 0 Å². The van der Waals surface area contributed by atoms with Crippen LogP contribution in [0.3, 0.4) is 0 Å². The summed E-state index contributed by atoms with van der Waals surface area (Å²) in [6.07, 6.45) is 0. The van der Waals surface area contributed by atoms with E-state index in [-0.39, 0.29) is 0 Å². The fourth-order valence-corrected chi connectivity index (χ4v) is 12.3. The maximum atomic E-state index is 6.55. The van der Waals surface area contributed by atoms with E-state index in [9.17, 15) is 0 Å². The molecule has 0 radical (unpaired) electrons. The molecular formula is C71H45NO2. The molecule has 2 aromatic heterocycles. The van der Waals surface area contributed by atoms with Crippen molar-refractivity contribution in [1.29, 1.82) is 0 Å². The first-order chi connectivity index (χ1) is 36.7. The molecule has 15 rings (SSSR count). The number of benzene rings is 12. The van der Waals surface area contributed by atoms with Gasteiger partial charge in [-0.15, -0.1) is 0 Å². The highest BCUT2D eigenvalue weighted by Gasteiger charge is 2.47.